The maximum Gasteiger partial charge on any atom is 0.344 e. The molecule has 0 amide bonds. The Morgan fingerprint density at radius 2 is 1.72 bits per heavy atom. The van der Waals surface area contributed by atoms with Crippen LogP contribution in [0.3, 0.4) is 0 Å². The Kier molecular flexibility index (Phi) is 4.32. The zero-order chi connectivity index (χ0) is 18.2. The highest BCUT2D eigenvalue weighted by atomic mass is 16.5. The number of hydrogen-bond donors (Lipinski definition) is 0. The number of benzene rings is 2. The summed E-state index contributed by atoms with van der Waals surface area (Å²) in [7, 11) is 0. The molecule has 2 aromatic rings. The lowest BCUT2D eigenvalue weighted by Crippen LogP contribution is -2.33. The van der Waals surface area contributed by atoms with Gasteiger partial charge in [-0.05, 0) is 53.0 Å². The molecule has 0 aliphatic heterocycles. The number of carbonyl (C=O) groups is 1. The molecule has 2 aromatic carbocycles. The number of fused-ring (bicyclic) bond motifs is 1. The van der Waals surface area contributed by atoms with Crippen LogP contribution in [0.1, 0.15) is 67.6 Å². The van der Waals surface area contributed by atoms with Crippen molar-refractivity contribution in [3.8, 4) is 0 Å². The van der Waals surface area contributed by atoms with E-state index in [1.807, 2.05) is 12.1 Å². The van der Waals surface area contributed by atoms with Gasteiger partial charge in [0.15, 0.2) is 0 Å². The Balaban J connectivity index is 1.89. The monoisotopic (exact) mass is 333 g/mol. The molecule has 0 spiro atoms. The van der Waals surface area contributed by atoms with Crippen molar-refractivity contribution >= 4 is 11.7 Å². The van der Waals surface area contributed by atoms with Gasteiger partial charge in [0, 0.05) is 5.56 Å². The van der Waals surface area contributed by atoms with E-state index in [0.29, 0.717) is 11.3 Å². The van der Waals surface area contributed by atoms with E-state index in [0.717, 1.165) is 12.0 Å². The molecule has 0 fully saturated rings. The molecule has 25 heavy (non-hydrogen) atoms. The fraction of sp³-hybridized carbons (Fsp3) is 0.348. The zero-order valence-electron chi connectivity index (χ0n) is 15.5. The second-order valence-electron chi connectivity index (χ2n) is 8.12. The van der Waals surface area contributed by atoms with Gasteiger partial charge >= 0.3 is 5.97 Å². The lowest BCUT2D eigenvalue weighted by molar-refractivity contribution is 0.0692. The summed E-state index contributed by atoms with van der Waals surface area (Å²) >= 11 is 0. The van der Waals surface area contributed by atoms with E-state index in [2.05, 4.69) is 52.5 Å². The van der Waals surface area contributed by atoms with Crippen molar-refractivity contribution in [1.82, 2.24) is 0 Å². The van der Waals surface area contributed by atoms with Crippen LogP contribution in [0.2, 0.25) is 0 Å². The van der Waals surface area contributed by atoms with Gasteiger partial charge in [0.1, 0.15) is 5.76 Å². The average molecular weight is 333 g/mol. The summed E-state index contributed by atoms with van der Waals surface area (Å²) in [5.41, 5.74) is 4.24. The lowest BCUT2D eigenvalue weighted by atomic mass is 9.63. The molecule has 1 aliphatic carbocycles. The van der Waals surface area contributed by atoms with Gasteiger partial charge in [0.05, 0.1) is 5.56 Å². The number of carbonyl (C=O) groups excluding carboxylic acids is 1. The first kappa shape index (κ1) is 17.5. The largest absolute Gasteiger partial charge is 0.423 e. The van der Waals surface area contributed by atoms with Gasteiger partial charge in [-0.3, -0.25) is 0 Å². The SMILES string of the molecule is C=C(OC(=O)c1[c]cccc1)c1ccc2c(c1)C(C)(C)CCC2(C)C. The van der Waals surface area contributed by atoms with Crippen LogP contribution in [0.25, 0.3) is 5.76 Å². The third-order valence-electron chi connectivity index (χ3n) is 5.32. The van der Waals surface area contributed by atoms with Crippen LogP contribution in [0, 0.1) is 6.07 Å². The summed E-state index contributed by atoms with van der Waals surface area (Å²) in [5, 5.41) is 0. The molecule has 0 unspecified atom stereocenters. The molecule has 2 heteroatoms. The molecular weight excluding hydrogens is 308 g/mol. The quantitative estimate of drug-likeness (QED) is 0.535. The number of esters is 1. The first-order valence-electron chi connectivity index (χ1n) is 8.74. The molecule has 2 nitrogen and oxygen atoms in total. The van der Waals surface area contributed by atoms with Crippen LogP contribution in [-0.2, 0) is 15.6 Å². The Morgan fingerprint density at radius 3 is 2.36 bits per heavy atom. The van der Waals surface area contributed by atoms with E-state index in [4.69, 9.17) is 4.74 Å². The molecule has 0 heterocycles. The van der Waals surface area contributed by atoms with Gasteiger partial charge < -0.3 is 4.74 Å². The molecule has 0 atom stereocenters. The van der Waals surface area contributed by atoms with Crippen molar-refractivity contribution in [2.24, 2.45) is 0 Å². The third-order valence-corrected chi connectivity index (χ3v) is 5.32. The number of hydrogen-bond acceptors (Lipinski definition) is 2. The molecule has 0 bridgehead atoms. The summed E-state index contributed by atoms with van der Waals surface area (Å²) in [4.78, 5) is 12.2. The van der Waals surface area contributed by atoms with Crippen molar-refractivity contribution in [1.29, 1.82) is 0 Å². The Hall–Kier alpha value is -2.35. The third kappa shape index (κ3) is 3.39. The molecule has 1 radical (unpaired) electrons. The van der Waals surface area contributed by atoms with E-state index in [9.17, 15) is 4.79 Å². The Bertz CT molecular complexity index is 813. The first-order valence-corrected chi connectivity index (χ1v) is 8.74. The van der Waals surface area contributed by atoms with Crippen LogP contribution >= 0.6 is 0 Å². The minimum atomic E-state index is -0.428. The minimum absolute atomic E-state index is 0.109. The fourth-order valence-corrected chi connectivity index (χ4v) is 3.51. The second kappa shape index (κ2) is 6.18. The van der Waals surface area contributed by atoms with Crippen LogP contribution < -0.4 is 0 Å². The van der Waals surface area contributed by atoms with Gasteiger partial charge in [-0.15, -0.1) is 0 Å². The van der Waals surface area contributed by atoms with E-state index in [-0.39, 0.29) is 10.8 Å². The van der Waals surface area contributed by atoms with Crippen molar-refractivity contribution < 1.29 is 9.53 Å². The molecule has 0 saturated carbocycles. The summed E-state index contributed by atoms with van der Waals surface area (Å²) in [5.74, 6) is -0.0489. The highest BCUT2D eigenvalue weighted by molar-refractivity contribution is 5.92. The van der Waals surface area contributed by atoms with Crippen molar-refractivity contribution in [3.05, 3.63) is 77.4 Å². The predicted molar refractivity (Wildman–Crippen MR) is 101 cm³/mol. The number of ether oxygens (including phenoxy) is 1. The summed E-state index contributed by atoms with van der Waals surface area (Å²) in [6, 6.07) is 16.2. The maximum absolute atomic E-state index is 12.2. The highest BCUT2D eigenvalue weighted by Crippen LogP contribution is 2.46. The van der Waals surface area contributed by atoms with E-state index >= 15 is 0 Å². The summed E-state index contributed by atoms with van der Waals surface area (Å²) in [6.45, 7) is 13.1. The second-order valence-corrected chi connectivity index (χ2v) is 8.12. The van der Waals surface area contributed by atoms with Gasteiger partial charge in [0.2, 0.25) is 0 Å². The number of rotatable bonds is 3. The fourth-order valence-electron chi connectivity index (χ4n) is 3.51. The standard InChI is InChI=1S/C23H25O2/c1-16(25-21(24)17-9-7-6-8-10-17)18-11-12-19-20(15-18)23(4,5)14-13-22(19,2)3/h6-9,11-12,15H,1,13-14H2,2-5H3. The minimum Gasteiger partial charge on any atom is -0.423 e. The van der Waals surface area contributed by atoms with Crippen molar-refractivity contribution in [2.75, 3.05) is 0 Å². The normalized spacial score (nSPS) is 17.4. The maximum atomic E-state index is 12.2. The van der Waals surface area contributed by atoms with E-state index in [1.165, 1.54) is 17.5 Å². The van der Waals surface area contributed by atoms with Crippen LogP contribution in [0.15, 0.2) is 49.0 Å². The molecule has 0 saturated heterocycles. The van der Waals surface area contributed by atoms with Gasteiger partial charge in [-0.25, -0.2) is 4.79 Å². The first-order chi connectivity index (χ1) is 11.7. The topological polar surface area (TPSA) is 26.3 Å². The molecule has 1 aliphatic rings. The zero-order valence-corrected chi connectivity index (χ0v) is 15.5. The Morgan fingerprint density at radius 1 is 1.04 bits per heavy atom. The van der Waals surface area contributed by atoms with Crippen LogP contribution in [0.4, 0.5) is 0 Å². The van der Waals surface area contributed by atoms with Crippen LogP contribution in [-0.4, -0.2) is 5.97 Å². The van der Waals surface area contributed by atoms with E-state index in [1.54, 1.807) is 18.2 Å². The highest BCUT2D eigenvalue weighted by Gasteiger charge is 2.37. The predicted octanol–water partition coefficient (Wildman–Crippen LogP) is 5.66. The van der Waals surface area contributed by atoms with Gasteiger partial charge in [-0.1, -0.05) is 64.6 Å². The summed E-state index contributed by atoms with van der Waals surface area (Å²) < 4.78 is 5.47. The smallest absolute Gasteiger partial charge is 0.344 e. The molecule has 3 rings (SSSR count). The van der Waals surface area contributed by atoms with Gasteiger partial charge in [0.25, 0.3) is 0 Å². The van der Waals surface area contributed by atoms with E-state index < -0.39 is 5.97 Å². The lowest BCUT2D eigenvalue weighted by Gasteiger charge is -2.42. The van der Waals surface area contributed by atoms with Gasteiger partial charge in [-0.2, -0.15) is 0 Å². The van der Waals surface area contributed by atoms with Crippen molar-refractivity contribution in [3.63, 3.8) is 0 Å². The van der Waals surface area contributed by atoms with Crippen LogP contribution in [0.5, 0.6) is 0 Å². The van der Waals surface area contributed by atoms with Crippen molar-refractivity contribution in [2.45, 2.75) is 51.4 Å². The molecule has 0 N–H and O–H groups in total. The molecule has 0 aromatic heterocycles. The summed E-state index contributed by atoms with van der Waals surface area (Å²) in [6.07, 6.45) is 2.31. The average Bonchev–Trinajstić information content (AvgIpc) is 2.59. The molecular formula is C23H25O2. The Labute approximate surface area is 150 Å². The molecule has 129 valence electrons.